The van der Waals surface area contributed by atoms with Gasteiger partial charge in [-0.3, -0.25) is 9.78 Å². The Labute approximate surface area is 111 Å². The van der Waals surface area contributed by atoms with Gasteiger partial charge in [0.15, 0.2) is 5.78 Å². The first-order chi connectivity index (χ1) is 8.59. The summed E-state index contributed by atoms with van der Waals surface area (Å²) in [6.45, 7) is 0. The quantitative estimate of drug-likeness (QED) is 0.802. The van der Waals surface area contributed by atoms with Crippen molar-refractivity contribution in [3.63, 3.8) is 0 Å². The zero-order valence-corrected chi connectivity index (χ0v) is 10.7. The van der Waals surface area contributed by atoms with E-state index in [1.54, 1.807) is 18.3 Å². The largest absolute Gasteiger partial charge is 0.289 e. The number of alkyl halides is 2. The third-order valence-electron chi connectivity index (χ3n) is 2.42. The van der Waals surface area contributed by atoms with Crippen molar-refractivity contribution in [1.82, 2.24) is 4.98 Å². The van der Waals surface area contributed by atoms with Gasteiger partial charge in [-0.15, -0.1) is 0 Å². The first-order valence-corrected chi connectivity index (χ1v) is 5.91. The van der Waals surface area contributed by atoms with Crippen molar-refractivity contribution in [3.8, 4) is 0 Å². The van der Waals surface area contributed by atoms with Crippen LogP contribution in [0.5, 0.6) is 0 Å². The number of pyridine rings is 1. The summed E-state index contributed by atoms with van der Waals surface area (Å²) in [5.74, 6) is -0.246. The predicted octanol–water partition coefficient (Wildman–Crippen LogP) is 4.01. The van der Waals surface area contributed by atoms with Crippen LogP contribution in [0.15, 0.2) is 47.2 Å². The number of hydrogen-bond acceptors (Lipinski definition) is 2. The Morgan fingerprint density at radius 2 is 2.00 bits per heavy atom. The average molecular weight is 312 g/mol. The molecule has 0 aliphatic carbocycles. The molecule has 5 heteroatoms. The molecule has 2 aromatic rings. The van der Waals surface area contributed by atoms with Crippen molar-refractivity contribution in [2.75, 3.05) is 0 Å². The standard InChI is InChI=1S/C13H8BrF2NO/c14-11-6-8(3-4-10(11)13(15)16)12(18)9-2-1-5-17-7-9/h1-7,13H. The summed E-state index contributed by atoms with van der Waals surface area (Å²) in [4.78, 5) is 15.9. The molecule has 0 spiro atoms. The number of carbonyl (C=O) groups excluding carboxylic acids is 1. The highest BCUT2D eigenvalue weighted by Gasteiger charge is 2.15. The average Bonchev–Trinajstić information content (AvgIpc) is 2.38. The molecular weight excluding hydrogens is 304 g/mol. The highest BCUT2D eigenvalue weighted by molar-refractivity contribution is 9.10. The fraction of sp³-hybridized carbons (Fsp3) is 0.0769. The molecule has 0 bridgehead atoms. The lowest BCUT2D eigenvalue weighted by atomic mass is 10.0. The zero-order chi connectivity index (χ0) is 13.1. The Morgan fingerprint density at radius 3 is 2.56 bits per heavy atom. The lowest BCUT2D eigenvalue weighted by Crippen LogP contribution is -2.02. The molecule has 0 aliphatic heterocycles. The van der Waals surface area contributed by atoms with E-state index >= 15 is 0 Å². The number of ketones is 1. The second kappa shape index (κ2) is 5.35. The minimum absolute atomic E-state index is 0.127. The van der Waals surface area contributed by atoms with Gasteiger partial charge < -0.3 is 0 Å². The topological polar surface area (TPSA) is 30.0 Å². The fourth-order valence-corrected chi connectivity index (χ4v) is 2.06. The Morgan fingerprint density at radius 1 is 1.22 bits per heavy atom. The van der Waals surface area contributed by atoms with Gasteiger partial charge in [-0.2, -0.15) is 0 Å². The fourth-order valence-electron chi connectivity index (χ4n) is 1.51. The van der Waals surface area contributed by atoms with Crippen molar-refractivity contribution in [2.45, 2.75) is 6.43 Å². The van der Waals surface area contributed by atoms with E-state index in [0.717, 1.165) is 0 Å². The molecule has 0 amide bonds. The lowest BCUT2D eigenvalue weighted by molar-refractivity contribution is 0.103. The molecule has 1 aromatic heterocycles. The number of halogens is 3. The van der Waals surface area contributed by atoms with Gasteiger partial charge in [-0.1, -0.05) is 28.1 Å². The number of rotatable bonds is 3. The molecule has 0 saturated carbocycles. The van der Waals surface area contributed by atoms with E-state index in [9.17, 15) is 13.6 Å². The molecule has 0 N–H and O–H groups in total. The maximum Gasteiger partial charge on any atom is 0.264 e. The van der Waals surface area contributed by atoms with Crippen LogP contribution in [-0.4, -0.2) is 10.8 Å². The molecule has 0 fully saturated rings. The van der Waals surface area contributed by atoms with Gasteiger partial charge in [0, 0.05) is 33.6 Å². The van der Waals surface area contributed by atoms with Crippen molar-refractivity contribution in [2.24, 2.45) is 0 Å². The van der Waals surface area contributed by atoms with Gasteiger partial charge in [0.2, 0.25) is 0 Å². The number of benzene rings is 1. The molecule has 18 heavy (non-hydrogen) atoms. The molecule has 0 aliphatic rings. The monoisotopic (exact) mass is 311 g/mol. The van der Waals surface area contributed by atoms with Crippen LogP contribution in [0.1, 0.15) is 27.9 Å². The highest BCUT2D eigenvalue weighted by Crippen LogP contribution is 2.28. The molecular formula is C13H8BrF2NO. The molecule has 2 nitrogen and oxygen atoms in total. The molecule has 1 heterocycles. The Kier molecular flexibility index (Phi) is 3.81. The molecule has 1 aromatic carbocycles. The second-order valence-corrected chi connectivity index (χ2v) is 4.46. The van der Waals surface area contributed by atoms with Crippen LogP contribution < -0.4 is 0 Å². The third kappa shape index (κ3) is 2.61. The van der Waals surface area contributed by atoms with E-state index in [0.29, 0.717) is 11.1 Å². The van der Waals surface area contributed by atoms with E-state index in [4.69, 9.17) is 0 Å². The SMILES string of the molecule is O=C(c1cccnc1)c1ccc(C(F)F)c(Br)c1. The van der Waals surface area contributed by atoms with Crippen LogP contribution in [0.25, 0.3) is 0 Å². The van der Waals surface area contributed by atoms with Crippen LogP contribution in [0.2, 0.25) is 0 Å². The first-order valence-electron chi connectivity index (χ1n) is 5.12. The normalized spacial score (nSPS) is 10.7. The Hall–Kier alpha value is -1.62. The summed E-state index contributed by atoms with van der Waals surface area (Å²) in [5.41, 5.74) is 0.645. The summed E-state index contributed by atoms with van der Waals surface area (Å²) in [6, 6.07) is 7.32. The van der Waals surface area contributed by atoms with Crippen LogP contribution in [0, 0.1) is 0 Å². The Balaban J connectivity index is 2.36. The summed E-state index contributed by atoms with van der Waals surface area (Å²) in [5, 5.41) is 0. The Bertz CT molecular complexity index is 572. The summed E-state index contributed by atoms with van der Waals surface area (Å²) < 4.78 is 25.3. The van der Waals surface area contributed by atoms with Crippen LogP contribution in [0.3, 0.4) is 0 Å². The molecule has 0 saturated heterocycles. The van der Waals surface area contributed by atoms with E-state index < -0.39 is 6.43 Å². The minimum atomic E-state index is -2.57. The minimum Gasteiger partial charge on any atom is -0.289 e. The van der Waals surface area contributed by atoms with E-state index in [2.05, 4.69) is 20.9 Å². The number of aromatic nitrogens is 1. The van der Waals surface area contributed by atoms with Crippen molar-refractivity contribution in [1.29, 1.82) is 0 Å². The van der Waals surface area contributed by atoms with Gasteiger partial charge in [0.25, 0.3) is 6.43 Å². The first kappa shape index (κ1) is 12.8. The summed E-state index contributed by atoms with van der Waals surface area (Å²) in [7, 11) is 0. The van der Waals surface area contributed by atoms with E-state index in [1.165, 1.54) is 24.4 Å². The van der Waals surface area contributed by atoms with Crippen molar-refractivity contribution >= 4 is 21.7 Å². The third-order valence-corrected chi connectivity index (χ3v) is 3.11. The maximum atomic E-state index is 12.6. The van der Waals surface area contributed by atoms with Gasteiger partial charge in [-0.25, -0.2) is 8.78 Å². The van der Waals surface area contributed by atoms with Crippen LogP contribution in [0.4, 0.5) is 8.78 Å². The van der Waals surface area contributed by atoms with E-state index in [1.807, 2.05) is 0 Å². The molecule has 0 unspecified atom stereocenters. The number of hydrogen-bond donors (Lipinski definition) is 0. The second-order valence-electron chi connectivity index (χ2n) is 3.61. The molecule has 92 valence electrons. The van der Waals surface area contributed by atoms with Gasteiger partial charge >= 0.3 is 0 Å². The van der Waals surface area contributed by atoms with Gasteiger partial charge in [0.1, 0.15) is 0 Å². The highest BCUT2D eigenvalue weighted by atomic mass is 79.9. The lowest BCUT2D eigenvalue weighted by Gasteiger charge is -2.06. The molecule has 2 rings (SSSR count). The number of nitrogens with zero attached hydrogens (tertiary/aromatic N) is 1. The number of carbonyl (C=O) groups is 1. The predicted molar refractivity (Wildman–Crippen MR) is 66.8 cm³/mol. The van der Waals surface area contributed by atoms with Crippen LogP contribution in [-0.2, 0) is 0 Å². The van der Waals surface area contributed by atoms with Crippen molar-refractivity contribution in [3.05, 3.63) is 63.9 Å². The van der Waals surface area contributed by atoms with Crippen LogP contribution >= 0.6 is 15.9 Å². The maximum absolute atomic E-state index is 12.6. The van der Waals surface area contributed by atoms with Gasteiger partial charge in [-0.05, 0) is 18.2 Å². The smallest absolute Gasteiger partial charge is 0.264 e. The van der Waals surface area contributed by atoms with Gasteiger partial charge in [0.05, 0.1) is 0 Å². The molecule has 0 radical (unpaired) electrons. The van der Waals surface area contributed by atoms with Crippen molar-refractivity contribution < 1.29 is 13.6 Å². The summed E-state index contributed by atoms with van der Waals surface area (Å²) >= 11 is 3.04. The summed E-state index contributed by atoms with van der Waals surface area (Å²) in [6.07, 6.45) is 0.436. The zero-order valence-electron chi connectivity index (χ0n) is 9.11. The van der Waals surface area contributed by atoms with E-state index in [-0.39, 0.29) is 15.8 Å². The molecule has 0 atom stereocenters.